The number of benzene rings is 3. The molecule has 0 radical (unpaired) electrons. The summed E-state index contributed by atoms with van der Waals surface area (Å²) < 4.78 is 119. The van der Waals surface area contributed by atoms with E-state index in [4.69, 9.17) is 32.4 Å². The van der Waals surface area contributed by atoms with E-state index in [0.29, 0.717) is 5.41 Å². The van der Waals surface area contributed by atoms with Gasteiger partial charge in [0.25, 0.3) is 0 Å². The lowest BCUT2D eigenvalue weighted by molar-refractivity contribution is -0.121. The molecule has 21 heteroatoms. The highest BCUT2D eigenvalue weighted by atomic mass is 35.5. The van der Waals surface area contributed by atoms with Crippen LogP contribution in [0.5, 0.6) is 11.5 Å². The zero-order valence-electron chi connectivity index (χ0n) is 24.5. The predicted molar refractivity (Wildman–Crippen MR) is 171 cm³/mol. The Labute approximate surface area is 282 Å². The molecule has 0 spiro atoms. The molecule has 2 atom stereocenters. The van der Waals surface area contributed by atoms with Gasteiger partial charge >= 0.3 is 20.2 Å². The summed E-state index contributed by atoms with van der Waals surface area (Å²) in [6, 6.07) is 3.49. The van der Waals surface area contributed by atoms with E-state index in [1.807, 2.05) is 0 Å². The summed E-state index contributed by atoms with van der Waals surface area (Å²) in [7, 11) is -14.1. The Balaban J connectivity index is 1.62. The third-order valence-corrected chi connectivity index (χ3v) is 11.4. The SMILES string of the molecule is C=CS(=O)(=O)C(CC)C(=O)NC(C)CN=c1ccc2nc3c(Cl)c4c(c(Cl)c3oc-2c1S(=O)(=O)O)Nc1ccc(F)c(S(=O)(=O)O)c1O4. The fourth-order valence-corrected chi connectivity index (χ4v) is 7.94. The molecule has 2 aromatic carbocycles. The number of rotatable bonds is 9. The van der Waals surface area contributed by atoms with Gasteiger partial charge in [0.05, 0.1) is 17.6 Å². The molecule has 2 aliphatic heterocycles. The normalized spacial score (nSPS) is 14.9. The van der Waals surface area contributed by atoms with Crippen molar-refractivity contribution in [2.75, 3.05) is 11.9 Å². The number of amides is 1. The number of sulfone groups is 1. The Morgan fingerprint density at radius 2 is 1.75 bits per heavy atom. The monoisotopic (exact) mass is 764 g/mol. The van der Waals surface area contributed by atoms with Crippen LogP contribution >= 0.6 is 23.2 Å². The molecule has 256 valence electrons. The number of halogens is 3. The molecular formula is C27H23Cl2FN4O11S3. The van der Waals surface area contributed by atoms with Crippen LogP contribution in [0.3, 0.4) is 0 Å². The van der Waals surface area contributed by atoms with Gasteiger partial charge in [0.2, 0.25) is 5.91 Å². The first-order valence-corrected chi connectivity index (χ1v) is 18.7. The molecule has 48 heavy (non-hydrogen) atoms. The van der Waals surface area contributed by atoms with Crippen molar-refractivity contribution < 1.29 is 52.7 Å². The predicted octanol–water partition coefficient (Wildman–Crippen LogP) is 4.46. The van der Waals surface area contributed by atoms with E-state index in [1.165, 1.54) is 26.0 Å². The molecule has 0 saturated carbocycles. The summed E-state index contributed by atoms with van der Waals surface area (Å²) in [6.07, 6.45) is -0.0296. The molecule has 2 aromatic rings. The van der Waals surface area contributed by atoms with E-state index >= 15 is 0 Å². The average molecular weight is 766 g/mol. The van der Waals surface area contributed by atoms with Crippen molar-refractivity contribution in [1.82, 2.24) is 10.3 Å². The lowest BCUT2D eigenvalue weighted by Gasteiger charge is -2.25. The minimum absolute atomic E-state index is 0.0296. The van der Waals surface area contributed by atoms with Crippen LogP contribution < -0.4 is 20.7 Å². The van der Waals surface area contributed by atoms with Crippen molar-refractivity contribution >= 4 is 81.7 Å². The molecule has 0 aromatic heterocycles. The minimum Gasteiger partial charge on any atom is -0.450 e. The number of nitrogens with zero attached hydrogens (tertiary/aromatic N) is 2. The Morgan fingerprint density at radius 3 is 2.35 bits per heavy atom. The zero-order valence-corrected chi connectivity index (χ0v) is 28.4. The molecule has 2 unspecified atom stereocenters. The Kier molecular flexibility index (Phi) is 9.27. The van der Waals surface area contributed by atoms with E-state index in [0.717, 1.165) is 12.1 Å². The van der Waals surface area contributed by atoms with Crippen molar-refractivity contribution in [2.24, 2.45) is 4.99 Å². The summed E-state index contributed by atoms with van der Waals surface area (Å²) in [6.45, 7) is 5.96. The maximum atomic E-state index is 14.4. The number of nitrogens with one attached hydrogen (secondary N) is 2. The number of hydrogen-bond acceptors (Lipinski definition) is 12. The van der Waals surface area contributed by atoms with Gasteiger partial charge in [0.15, 0.2) is 42.5 Å². The van der Waals surface area contributed by atoms with Crippen LogP contribution in [0.15, 0.2) is 55.5 Å². The van der Waals surface area contributed by atoms with Crippen molar-refractivity contribution in [1.29, 1.82) is 0 Å². The Morgan fingerprint density at radius 1 is 1.08 bits per heavy atom. The van der Waals surface area contributed by atoms with Crippen molar-refractivity contribution in [2.45, 2.75) is 41.4 Å². The second-order valence-electron chi connectivity index (χ2n) is 10.3. The summed E-state index contributed by atoms with van der Waals surface area (Å²) in [5.41, 5.74) is -0.980. The molecule has 1 amide bonds. The van der Waals surface area contributed by atoms with Gasteiger partial charge in [-0.05, 0) is 37.6 Å². The first-order chi connectivity index (χ1) is 22.3. The van der Waals surface area contributed by atoms with E-state index in [-0.39, 0.29) is 62.3 Å². The molecule has 0 bridgehead atoms. The van der Waals surface area contributed by atoms with E-state index in [2.05, 4.69) is 27.2 Å². The average Bonchev–Trinajstić information content (AvgIpc) is 2.99. The van der Waals surface area contributed by atoms with Crippen LogP contribution in [-0.2, 0) is 34.9 Å². The number of carbonyl (C=O) groups excluding carboxylic acids is 1. The van der Waals surface area contributed by atoms with Gasteiger partial charge in [0, 0.05) is 11.4 Å². The molecule has 2 heterocycles. The minimum atomic E-state index is -5.11. The second-order valence-corrected chi connectivity index (χ2v) is 15.9. The van der Waals surface area contributed by atoms with Crippen LogP contribution in [0.4, 0.5) is 15.8 Å². The van der Waals surface area contributed by atoms with Crippen molar-refractivity contribution in [3.63, 3.8) is 0 Å². The van der Waals surface area contributed by atoms with Crippen LogP contribution in [0.25, 0.3) is 22.6 Å². The summed E-state index contributed by atoms with van der Waals surface area (Å²) in [4.78, 5) is 19.1. The van der Waals surface area contributed by atoms with Gasteiger partial charge in [-0.25, -0.2) is 17.8 Å². The van der Waals surface area contributed by atoms with E-state index in [9.17, 15) is 43.5 Å². The molecule has 1 aliphatic carbocycles. The number of carbonyl (C=O) groups is 1. The Bertz CT molecular complexity index is 2420. The van der Waals surface area contributed by atoms with Gasteiger partial charge in [0.1, 0.15) is 38.0 Å². The third kappa shape index (κ3) is 6.33. The fraction of sp³-hybridized carbons (Fsp3) is 0.222. The highest BCUT2D eigenvalue weighted by Crippen LogP contribution is 2.54. The summed E-state index contributed by atoms with van der Waals surface area (Å²) >= 11 is 13.1. The van der Waals surface area contributed by atoms with E-state index < -0.39 is 74.4 Å². The largest absolute Gasteiger partial charge is 0.450 e. The van der Waals surface area contributed by atoms with Gasteiger partial charge in [-0.3, -0.25) is 18.9 Å². The molecule has 0 saturated heterocycles. The lowest BCUT2D eigenvalue weighted by Crippen LogP contribution is -2.44. The third-order valence-electron chi connectivity index (χ3n) is 7.04. The molecule has 5 rings (SSSR count). The van der Waals surface area contributed by atoms with Crippen LogP contribution in [0.1, 0.15) is 20.3 Å². The van der Waals surface area contributed by atoms with Gasteiger partial charge in [-0.1, -0.05) is 36.7 Å². The first-order valence-electron chi connectivity index (χ1n) is 13.5. The summed E-state index contributed by atoms with van der Waals surface area (Å²) in [5, 5.41) is 3.56. The van der Waals surface area contributed by atoms with Crippen LogP contribution in [0.2, 0.25) is 10.0 Å². The second kappa shape index (κ2) is 12.6. The summed E-state index contributed by atoms with van der Waals surface area (Å²) in [5.74, 6) is -3.59. The maximum Gasteiger partial charge on any atom is 0.301 e. The highest BCUT2D eigenvalue weighted by Gasteiger charge is 2.35. The smallest absolute Gasteiger partial charge is 0.301 e. The standard InChI is InChI=1S/C27H23Cl2FN4O11S3/c1-4-16(46(36,37)5-2)27(35)32-11(3)10-31-15-9-8-14-22(26(15)48(41,42)43)45-24-18(29)19-23(17(28)20(24)34-14)44-21-13(33-19)7-6-12(30)25(21)47(38,39)40/h5-9,11,16,33H,2,4,10H2,1,3H3,(H,32,35)(H,38,39,40)(H,41,42,43). The molecule has 4 N–H and O–H groups in total. The topological polar surface area (TPSA) is 232 Å². The van der Waals surface area contributed by atoms with Crippen LogP contribution in [0, 0.1) is 5.82 Å². The van der Waals surface area contributed by atoms with Gasteiger partial charge < -0.3 is 19.8 Å². The van der Waals surface area contributed by atoms with Crippen molar-refractivity contribution in [3.05, 3.63) is 57.5 Å². The van der Waals surface area contributed by atoms with Gasteiger partial charge in [-0.2, -0.15) is 16.8 Å². The number of aromatic nitrogens is 1. The molecule has 15 nitrogen and oxygen atoms in total. The molecule has 0 fully saturated rings. The number of hydrogen-bond donors (Lipinski definition) is 4. The Hall–Kier alpha value is -3.85. The number of anilines is 2. The molecule has 3 aliphatic rings. The molecular weight excluding hydrogens is 742 g/mol. The number of ether oxygens (including phenoxy) is 1. The van der Waals surface area contributed by atoms with Gasteiger partial charge in [-0.15, -0.1) is 0 Å². The van der Waals surface area contributed by atoms with E-state index in [1.54, 1.807) is 0 Å². The maximum absolute atomic E-state index is 14.4. The van der Waals surface area contributed by atoms with Crippen molar-refractivity contribution in [3.8, 4) is 23.0 Å². The highest BCUT2D eigenvalue weighted by molar-refractivity contribution is 7.95. The van der Waals surface area contributed by atoms with Crippen LogP contribution in [-0.4, -0.2) is 63.1 Å². The lowest BCUT2D eigenvalue weighted by atomic mass is 10.1. The number of fused-ring (bicyclic) bond motifs is 4. The fourth-order valence-electron chi connectivity index (χ4n) is 4.87. The quantitative estimate of drug-likeness (QED) is 0.120. The first kappa shape index (κ1) is 35.5. The zero-order chi connectivity index (χ0) is 35.5.